The maximum Gasteiger partial charge on any atom is 0.225 e. The molecule has 148 valence electrons. The van der Waals surface area contributed by atoms with Crippen LogP contribution in [0.25, 0.3) is 11.3 Å². The van der Waals surface area contributed by atoms with E-state index in [-0.39, 0.29) is 17.6 Å². The van der Waals surface area contributed by atoms with Crippen molar-refractivity contribution in [2.75, 3.05) is 18.0 Å². The molecule has 7 heteroatoms. The molecule has 1 aromatic carbocycles. The Labute approximate surface area is 168 Å². The van der Waals surface area contributed by atoms with Crippen molar-refractivity contribution < 1.29 is 9.18 Å². The van der Waals surface area contributed by atoms with Crippen LogP contribution in [0, 0.1) is 11.7 Å². The number of hydrogen-bond acceptors (Lipinski definition) is 5. The number of halogens is 1. The topological polar surface area (TPSA) is 71.0 Å². The number of rotatable bonds is 5. The minimum atomic E-state index is -0.279. The van der Waals surface area contributed by atoms with E-state index in [9.17, 15) is 9.18 Å². The normalized spacial score (nSPS) is 16.4. The van der Waals surface area contributed by atoms with Gasteiger partial charge in [0.1, 0.15) is 5.82 Å². The van der Waals surface area contributed by atoms with Gasteiger partial charge in [0.05, 0.1) is 23.9 Å². The summed E-state index contributed by atoms with van der Waals surface area (Å²) in [4.78, 5) is 18.9. The van der Waals surface area contributed by atoms with Gasteiger partial charge in [-0.2, -0.15) is 0 Å². The smallest absolute Gasteiger partial charge is 0.225 e. The number of hydrogen-bond donors (Lipinski definition) is 1. The monoisotopic (exact) mass is 391 g/mol. The SMILES string of the molecule is O=C(NCc1ccccn1)[C@@H]1CCCN(c2ccc(-c3ccc(F)cc3)nn2)C1. The van der Waals surface area contributed by atoms with Crippen LogP contribution >= 0.6 is 0 Å². The molecule has 29 heavy (non-hydrogen) atoms. The second kappa shape index (κ2) is 8.77. The van der Waals surface area contributed by atoms with Gasteiger partial charge in [-0.1, -0.05) is 6.07 Å². The number of carbonyl (C=O) groups excluding carboxylic acids is 1. The highest BCUT2D eigenvalue weighted by atomic mass is 19.1. The summed E-state index contributed by atoms with van der Waals surface area (Å²) in [6.07, 6.45) is 3.49. The summed E-state index contributed by atoms with van der Waals surface area (Å²) in [6, 6.07) is 15.6. The van der Waals surface area contributed by atoms with Gasteiger partial charge >= 0.3 is 0 Å². The van der Waals surface area contributed by atoms with Gasteiger partial charge in [0.2, 0.25) is 5.91 Å². The van der Waals surface area contributed by atoms with Crippen molar-refractivity contribution in [2.45, 2.75) is 19.4 Å². The number of carbonyl (C=O) groups is 1. The third-order valence-corrected chi connectivity index (χ3v) is 5.08. The van der Waals surface area contributed by atoms with Crippen LogP contribution in [0.3, 0.4) is 0 Å². The lowest BCUT2D eigenvalue weighted by molar-refractivity contribution is -0.125. The average Bonchev–Trinajstić information content (AvgIpc) is 2.79. The molecule has 1 fully saturated rings. The second-order valence-corrected chi connectivity index (χ2v) is 7.11. The minimum absolute atomic E-state index is 0.0382. The molecule has 4 rings (SSSR count). The third-order valence-electron chi connectivity index (χ3n) is 5.08. The quantitative estimate of drug-likeness (QED) is 0.723. The van der Waals surface area contributed by atoms with Crippen molar-refractivity contribution in [3.05, 3.63) is 72.3 Å². The summed E-state index contributed by atoms with van der Waals surface area (Å²) in [5, 5.41) is 11.6. The molecule has 6 nitrogen and oxygen atoms in total. The van der Waals surface area contributed by atoms with E-state index >= 15 is 0 Å². The highest BCUT2D eigenvalue weighted by molar-refractivity contribution is 5.79. The van der Waals surface area contributed by atoms with Gasteiger partial charge in [-0.25, -0.2) is 4.39 Å². The Morgan fingerprint density at radius 3 is 2.69 bits per heavy atom. The van der Waals surface area contributed by atoms with E-state index in [1.807, 2.05) is 30.3 Å². The second-order valence-electron chi connectivity index (χ2n) is 7.11. The van der Waals surface area contributed by atoms with Gasteiger partial charge in [0.25, 0.3) is 0 Å². The molecule has 0 bridgehead atoms. The lowest BCUT2D eigenvalue weighted by atomic mass is 9.97. The Kier molecular flexibility index (Phi) is 5.74. The van der Waals surface area contributed by atoms with Crippen LogP contribution in [0.5, 0.6) is 0 Å². The van der Waals surface area contributed by atoms with Crippen LogP contribution in [0.1, 0.15) is 18.5 Å². The average molecular weight is 391 g/mol. The van der Waals surface area contributed by atoms with Crippen molar-refractivity contribution in [3.63, 3.8) is 0 Å². The van der Waals surface area contributed by atoms with Crippen LogP contribution < -0.4 is 10.2 Å². The number of nitrogens with zero attached hydrogens (tertiary/aromatic N) is 4. The molecule has 1 amide bonds. The number of anilines is 1. The lowest BCUT2D eigenvalue weighted by Crippen LogP contribution is -2.43. The van der Waals surface area contributed by atoms with Crippen molar-refractivity contribution in [1.82, 2.24) is 20.5 Å². The van der Waals surface area contributed by atoms with E-state index in [0.29, 0.717) is 18.8 Å². The fourth-order valence-corrected chi connectivity index (χ4v) is 3.49. The van der Waals surface area contributed by atoms with Crippen LogP contribution in [0.4, 0.5) is 10.2 Å². The van der Waals surface area contributed by atoms with E-state index < -0.39 is 0 Å². The van der Waals surface area contributed by atoms with E-state index in [1.165, 1.54) is 12.1 Å². The van der Waals surface area contributed by atoms with Crippen LogP contribution in [-0.4, -0.2) is 34.2 Å². The number of aromatic nitrogens is 3. The fourth-order valence-electron chi connectivity index (χ4n) is 3.49. The van der Waals surface area contributed by atoms with Crippen LogP contribution in [-0.2, 0) is 11.3 Å². The minimum Gasteiger partial charge on any atom is -0.354 e. The van der Waals surface area contributed by atoms with Gasteiger partial charge in [-0.15, -0.1) is 10.2 Å². The zero-order chi connectivity index (χ0) is 20.1. The van der Waals surface area contributed by atoms with Crippen molar-refractivity contribution in [3.8, 4) is 11.3 Å². The molecule has 1 N–H and O–H groups in total. The van der Waals surface area contributed by atoms with E-state index in [2.05, 4.69) is 25.4 Å². The molecule has 0 saturated carbocycles. The molecule has 3 aromatic rings. The molecule has 1 aliphatic rings. The highest BCUT2D eigenvalue weighted by Gasteiger charge is 2.26. The van der Waals surface area contributed by atoms with Gasteiger partial charge in [0, 0.05) is 24.8 Å². The van der Waals surface area contributed by atoms with Crippen molar-refractivity contribution in [1.29, 1.82) is 0 Å². The molecule has 0 radical (unpaired) electrons. The largest absolute Gasteiger partial charge is 0.354 e. The summed E-state index contributed by atoms with van der Waals surface area (Å²) >= 11 is 0. The molecule has 2 aromatic heterocycles. The number of amides is 1. The van der Waals surface area contributed by atoms with Crippen LogP contribution in [0.2, 0.25) is 0 Å². The van der Waals surface area contributed by atoms with E-state index in [4.69, 9.17) is 0 Å². The number of pyridine rings is 1. The first-order chi connectivity index (χ1) is 14.2. The molecule has 1 aliphatic heterocycles. The Morgan fingerprint density at radius 2 is 1.97 bits per heavy atom. The highest BCUT2D eigenvalue weighted by Crippen LogP contribution is 2.23. The number of nitrogens with one attached hydrogen (secondary N) is 1. The summed E-state index contributed by atoms with van der Waals surface area (Å²) in [7, 11) is 0. The van der Waals surface area contributed by atoms with Crippen molar-refractivity contribution >= 4 is 11.7 Å². The Balaban J connectivity index is 1.37. The first-order valence-corrected chi connectivity index (χ1v) is 9.71. The molecule has 0 aliphatic carbocycles. The molecular formula is C22H22FN5O. The predicted molar refractivity (Wildman–Crippen MR) is 108 cm³/mol. The van der Waals surface area contributed by atoms with E-state index in [1.54, 1.807) is 18.3 Å². The first-order valence-electron chi connectivity index (χ1n) is 9.71. The zero-order valence-electron chi connectivity index (χ0n) is 16.0. The molecular weight excluding hydrogens is 369 g/mol. The van der Waals surface area contributed by atoms with Crippen LogP contribution in [0.15, 0.2) is 60.8 Å². The van der Waals surface area contributed by atoms with Gasteiger partial charge in [-0.05, 0) is 61.4 Å². The summed E-state index contributed by atoms with van der Waals surface area (Å²) in [5.74, 6) is 0.416. The summed E-state index contributed by atoms with van der Waals surface area (Å²) in [6.45, 7) is 1.88. The molecule has 1 saturated heterocycles. The van der Waals surface area contributed by atoms with E-state index in [0.717, 1.165) is 36.5 Å². The van der Waals surface area contributed by atoms with Crippen molar-refractivity contribution in [2.24, 2.45) is 5.92 Å². The maximum absolute atomic E-state index is 13.1. The molecule has 1 atom stereocenters. The summed E-state index contributed by atoms with van der Waals surface area (Å²) < 4.78 is 13.1. The Morgan fingerprint density at radius 1 is 1.10 bits per heavy atom. The van der Waals surface area contributed by atoms with Gasteiger partial charge in [-0.3, -0.25) is 9.78 Å². The Hall–Kier alpha value is -3.35. The molecule has 3 heterocycles. The summed E-state index contributed by atoms with van der Waals surface area (Å²) in [5.41, 5.74) is 2.35. The van der Waals surface area contributed by atoms with Gasteiger partial charge in [0.15, 0.2) is 5.82 Å². The first kappa shape index (κ1) is 19.0. The fraction of sp³-hybridized carbons (Fsp3) is 0.273. The number of benzene rings is 1. The standard InChI is InChI=1S/C22H22FN5O/c23-18-8-6-16(7-9-18)20-10-11-21(27-26-20)28-13-3-4-17(15-28)22(29)25-14-19-5-1-2-12-24-19/h1-2,5-12,17H,3-4,13-15H2,(H,25,29)/t17-/m1/s1. The molecule has 0 unspecified atom stereocenters. The Bertz CT molecular complexity index is 947. The maximum atomic E-state index is 13.1. The molecule has 0 spiro atoms. The lowest BCUT2D eigenvalue weighted by Gasteiger charge is -2.32. The zero-order valence-corrected chi connectivity index (χ0v) is 16.0. The predicted octanol–water partition coefficient (Wildman–Crippen LogP) is 3.21. The van der Waals surface area contributed by atoms with Gasteiger partial charge < -0.3 is 10.2 Å². The number of piperidine rings is 1. The third kappa shape index (κ3) is 4.74.